The van der Waals surface area contributed by atoms with E-state index in [4.69, 9.17) is 17.3 Å². The molecule has 0 aliphatic carbocycles. The van der Waals surface area contributed by atoms with Gasteiger partial charge in [0, 0.05) is 27.2 Å². The van der Waals surface area contributed by atoms with Gasteiger partial charge in [-0.2, -0.15) is 5.10 Å². The van der Waals surface area contributed by atoms with Crippen molar-refractivity contribution in [3.8, 4) is 22.8 Å². The van der Waals surface area contributed by atoms with Gasteiger partial charge >= 0.3 is 0 Å². The molecule has 0 radical (unpaired) electrons. The van der Waals surface area contributed by atoms with E-state index in [-0.39, 0.29) is 0 Å². The fraction of sp³-hybridized carbons (Fsp3) is 0.0667. The lowest BCUT2D eigenvalue weighted by Crippen LogP contribution is -1.95. The summed E-state index contributed by atoms with van der Waals surface area (Å²) in [6.07, 6.45) is 0. The van der Waals surface area contributed by atoms with Crippen molar-refractivity contribution in [2.45, 2.75) is 6.54 Å². The van der Waals surface area contributed by atoms with Crippen LogP contribution in [0.5, 0.6) is 0 Å². The molecule has 3 aromatic rings. The topological polar surface area (TPSA) is 67.6 Å². The lowest BCUT2D eigenvalue weighted by atomic mass is 10.1. The molecular weight excluding hydrogens is 352 g/mol. The summed E-state index contributed by atoms with van der Waals surface area (Å²) in [5, 5.41) is 7.83. The number of benzene rings is 2. The van der Waals surface area contributed by atoms with E-state index in [1.165, 1.54) is 0 Å². The first-order valence-electron chi connectivity index (χ1n) is 6.34. The van der Waals surface area contributed by atoms with Crippen molar-refractivity contribution in [3.05, 3.63) is 57.5 Å². The Morgan fingerprint density at radius 2 is 1.86 bits per heavy atom. The van der Waals surface area contributed by atoms with Crippen LogP contribution in [0, 0.1) is 0 Å². The van der Waals surface area contributed by atoms with Gasteiger partial charge in [0.25, 0.3) is 0 Å². The van der Waals surface area contributed by atoms with E-state index in [9.17, 15) is 0 Å². The quantitative estimate of drug-likeness (QED) is 0.738. The van der Waals surface area contributed by atoms with E-state index in [2.05, 4.69) is 31.1 Å². The molecule has 3 N–H and O–H groups in total. The Kier molecular flexibility index (Phi) is 4.05. The van der Waals surface area contributed by atoms with Crippen molar-refractivity contribution in [3.63, 3.8) is 0 Å². The van der Waals surface area contributed by atoms with Crippen LogP contribution in [0.3, 0.4) is 0 Å². The zero-order valence-electron chi connectivity index (χ0n) is 11.0. The van der Waals surface area contributed by atoms with Gasteiger partial charge in [-0.25, -0.2) is 4.98 Å². The highest BCUT2D eigenvalue weighted by Gasteiger charge is 2.09. The normalized spacial score (nSPS) is 10.8. The molecule has 4 nitrogen and oxygen atoms in total. The molecule has 106 valence electrons. The summed E-state index contributed by atoms with van der Waals surface area (Å²) in [4.78, 5) is 4.51. The molecule has 2 aromatic carbocycles. The third-order valence-electron chi connectivity index (χ3n) is 3.07. The number of halogens is 2. The van der Waals surface area contributed by atoms with Crippen molar-refractivity contribution in [2.75, 3.05) is 0 Å². The van der Waals surface area contributed by atoms with Crippen LogP contribution in [0.15, 0.2) is 46.9 Å². The highest BCUT2D eigenvalue weighted by atomic mass is 79.9. The summed E-state index contributed by atoms with van der Waals surface area (Å²) in [5.74, 6) is 1.32. The average molecular weight is 364 g/mol. The van der Waals surface area contributed by atoms with Crippen LogP contribution in [0.25, 0.3) is 22.8 Å². The number of aromatic nitrogens is 3. The Balaban J connectivity index is 1.95. The minimum absolute atomic E-state index is 0.526. The van der Waals surface area contributed by atoms with Gasteiger partial charge in [-0.15, -0.1) is 0 Å². The van der Waals surface area contributed by atoms with Gasteiger partial charge in [0.05, 0.1) is 0 Å². The Hall–Kier alpha value is -1.69. The number of nitrogens with one attached hydrogen (secondary N) is 1. The molecule has 0 fully saturated rings. The molecule has 0 spiro atoms. The van der Waals surface area contributed by atoms with Gasteiger partial charge in [0.1, 0.15) is 0 Å². The van der Waals surface area contributed by atoms with Crippen molar-refractivity contribution >= 4 is 27.5 Å². The Morgan fingerprint density at radius 1 is 1.10 bits per heavy atom. The van der Waals surface area contributed by atoms with E-state index >= 15 is 0 Å². The summed E-state index contributed by atoms with van der Waals surface area (Å²) in [6.45, 7) is 0.526. The fourth-order valence-corrected chi connectivity index (χ4v) is 2.86. The maximum Gasteiger partial charge on any atom is 0.181 e. The predicted molar refractivity (Wildman–Crippen MR) is 87.9 cm³/mol. The Bertz CT molecular complexity index is 747. The second-order valence-electron chi connectivity index (χ2n) is 4.57. The van der Waals surface area contributed by atoms with Crippen LogP contribution in [-0.4, -0.2) is 15.2 Å². The molecular formula is C15H12BrClN4. The van der Waals surface area contributed by atoms with Gasteiger partial charge < -0.3 is 5.73 Å². The molecule has 0 amide bonds. The van der Waals surface area contributed by atoms with Crippen molar-refractivity contribution in [2.24, 2.45) is 5.73 Å². The number of hydrogen-bond donors (Lipinski definition) is 2. The van der Waals surface area contributed by atoms with Crippen LogP contribution < -0.4 is 5.73 Å². The Morgan fingerprint density at radius 3 is 2.52 bits per heavy atom. The summed E-state index contributed by atoms with van der Waals surface area (Å²) in [6, 6.07) is 13.5. The standard InChI is InChI=1S/C15H12BrClN4/c16-12-5-11(6-13(17)7-12)15-19-14(20-21-15)10-3-1-9(8-18)2-4-10/h1-7H,8,18H2,(H,19,20,21). The molecule has 1 aromatic heterocycles. The Labute approximate surface area is 135 Å². The second-order valence-corrected chi connectivity index (χ2v) is 5.92. The number of aromatic amines is 1. The van der Waals surface area contributed by atoms with Gasteiger partial charge in [0.15, 0.2) is 11.6 Å². The second kappa shape index (κ2) is 5.97. The average Bonchev–Trinajstić information content (AvgIpc) is 2.96. The third kappa shape index (κ3) is 3.15. The fourth-order valence-electron chi connectivity index (χ4n) is 2.00. The highest BCUT2D eigenvalue weighted by molar-refractivity contribution is 9.10. The summed E-state index contributed by atoms with van der Waals surface area (Å²) in [7, 11) is 0. The van der Waals surface area contributed by atoms with E-state index < -0.39 is 0 Å². The van der Waals surface area contributed by atoms with Crippen molar-refractivity contribution in [1.82, 2.24) is 15.2 Å². The first-order valence-corrected chi connectivity index (χ1v) is 7.51. The van der Waals surface area contributed by atoms with Crippen LogP contribution in [0.1, 0.15) is 5.56 Å². The predicted octanol–water partition coefficient (Wildman–Crippen LogP) is 4.01. The van der Waals surface area contributed by atoms with Crippen LogP contribution in [0.4, 0.5) is 0 Å². The third-order valence-corrected chi connectivity index (χ3v) is 3.75. The lowest BCUT2D eigenvalue weighted by molar-refractivity contribution is 1.07. The maximum absolute atomic E-state index is 6.05. The molecule has 3 rings (SSSR count). The first kappa shape index (κ1) is 14.3. The molecule has 21 heavy (non-hydrogen) atoms. The van der Waals surface area contributed by atoms with Crippen molar-refractivity contribution in [1.29, 1.82) is 0 Å². The van der Waals surface area contributed by atoms with E-state index in [0.29, 0.717) is 23.2 Å². The van der Waals surface area contributed by atoms with Gasteiger partial charge in [-0.3, -0.25) is 5.10 Å². The molecule has 0 bridgehead atoms. The molecule has 0 unspecified atom stereocenters. The van der Waals surface area contributed by atoms with Crippen molar-refractivity contribution < 1.29 is 0 Å². The minimum Gasteiger partial charge on any atom is -0.326 e. The molecule has 0 saturated carbocycles. The minimum atomic E-state index is 0.526. The smallest absolute Gasteiger partial charge is 0.181 e. The monoisotopic (exact) mass is 362 g/mol. The number of H-pyrrole nitrogens is 1. The SMILES string of the molecule is NCc1ccc(-c2nc(-c3cc(Cl)cc(Br)c3)n[nH]2)cc1. The van der Waals surface area contributed by atoms with Gasteiger partial charge in [-0.1, -0.05) is 51.8 Å². The largest absolute Gasteiger partial charge is 0.326 e. The zero-order chi connectivity index (χ0) is 14.8. The number of nitrogens with two attached hydrogens (primary N) is 1. The first-order chi connectivity index (χ1) is 10.2. The summed E-state index contributed by atoms with van der Waals surface area (Å²) >= 11 is 9.47. The lowest BCUT2D eigenvalue weighted by Gasteiger charge is -1.99. The van der Waals surface area contributed by atoms with Crippen LogP contribution in [-0.2, 0) is 6.54 Å². The van der Waals surface area contributed by atoms with E-state index in [0.717, 1.165) is 21.2 Å². The number of hydrogen-bond acceptors (Lipinski definition) is 3. The number of rotatable bonds is 3. The van der Waals surface area contributed by atoms with Gasteiger partial charge in [-0.05, 0) is 23.8 Å². The van der Waals surface area contributed by atoms with Gasteiger partial charge in [0.2, 0.25) is 0 Å². The molecule has 0 aliphatic rings. The van der Waals surface area contributed by atoms with Crippen LogP contribution >= 0.6 is 27.5 Å². The van der Waals surface area contributed by atoms with Crippen LogP contribution in [0.2, 0.25) is 5.02 Å². The molecule has 0 saturated heterocycles. The summed E-state index contributed by atoms with van der Waals surface area (Å²) < 4.78 is 0.892. The molecule has 6 heteroatoms. The highest BCUT2D eigenvalue weighted by Crippen LogP contribution is 2.26. The molecule has 0 atom stereocenters. The molecule has 1 heterocycles. The maximum atomic E-state index is 6.05. The summed E-state index contributed by atoms with van der Waals surface area (Å²) in [5.41, 5.74) is 8.50. The zero-order valence-corrected chi connectivity index (χ0v) is 13.3. The molecule has 0 aliphatic heterocycles. The van der Waals surface area contributed by atoms with E-state index in [1.54, 1.807) is 0 Å². The number of nitrogens with zero attached hydrogens (tertiary/aromatic N) is 2. The van der Waals surface area contributed by atoms with E-state index in [1.807, 2.05) is 42.5 Å².